The van der Waals surface area contributed by atoms with Gasteiger partial charge in [0.25, 0.3) is 0 Å². The van der Waals surface area contributed by atoms with Gasteiger partial charge in [0, 0.05) is 23.6 Å². The van der Waals surface area contributed by atoms with Crippen molar-refractivity contribution in [2.24, 2.45) is 5.41 Å². The summed E-state index contributed by atoms with van der Waals surface area (Å²) in [4.78, 5) is 12.3. The van der Waals surface area contributed by atoms with Crippen LogP contribution in [0.5, 0.6) is 0 Å². The van der Waals surface area contributed by atoms with Gasteiger partial charge >= 0.3 is 0 Å². The van der Waals surface area contributed by atoms with Crippen LogP contribution in [0.1, 0.15) is 26.3 Å². The van der Waals surface area contributed by atoms with Gasteiger partial charge in [-0.2, -0.15) is 0 Å². The van der Waals surface area contributed by atoms with Crippen LogP contribution >= 0.6 is 23.2 Å². The Bertz CT molecular complexity index is 416. The minimum atomic E-state index is -0.468. The summed E-state index contributed by atoms with van der Waals surface area (Å²) in [5, 5.41) is 1.03. The first-order valence-electron chi connectivity index (χ1n) is 5.75. The summed E-state index contributed by atoms with van der Waals surface area (Å²) >= 11 is 12.1. The Labute approximate surface area is 118 Å². The van der Waals surface area contributed by atoms with E-state index in [9.17, 15) is 4.79 Å². The minimum Gasteiger partial charge on any atom is -0.373 e. The number of ketones is 1. The molecule has 2 nitrogen and oxygen atoms in total. The summed E-state index contributed by atoms with van der Waals surface area (Å²) in [7, 11) is 1.54. The van der Waals surface area contributed by atoms with Gasteiger partial charge in [-0.25, -0.2) is 0 Å². The second kappa shape index (κ2) is 6.05. The quantitative estimate of drug-likeness (QED) is 0.831. The van der Waals surface area contributed by atoms with Gasteiger partial charge in [0.2, 0.25) is 0 Å². The number of carbonyl (C=O) groups is 1. The molecular formula is C14H18Cl2O2. The average Bonchev–Trinajstić information content (AvgIpc) is 2.22. The van der Waals surface area contributed by atoms with Crippen molar-refractivity contribution in [3.05, 3.63) is 33.8 Å². The van der Waals surface area contributed by atoms with Crippen LogP contribution in [0, 0.1) is 5.41 Å². The summed E-state index contributed by atoms with van der Waals surface area (Å²) in [6.45, 7) is 5.90. The van der Waals surface area contributed by atoms with E-state index >= 15 is 0 Å². The van der Waals surface area contributed by atoms with E-state index in [0.717, 1.165) is 0 Å². The number of methoxy groups -OCH3 is 1. The highest BCUT2D eigenvalue weighted by Crippen LogP contribution is 2.28. The van der Waals surface area contributed by atoms with Crippen molar-refractivity contribution < 1.29 is 9.53 Å². The highest BCUT2D eigenvalue weighted by Gasteiger charge is 2.31. The van der Waals surface area contributed by atoms with Crippen LogP contribution in [-0.2, 0) is 16.0 Å². The molecule has 1 aromatic carbocycles. The molecular weight excluding hydrogens is 271 g/mol. The molecule has 0 saturated heterocycles. The number of rotatable bonds is 4. The lowest BCUT2D eigenvalue weighted by molar-refractivity contribution is -0.134. The molecule has 1 unspecified atom stereocenters. The van der Waals surface area contributed by atoms with Gasteiger partial charge < -0.3 is 4.74 Å². The first kappa shape index (κ1) is 15.5. The third-order valence-electron chi connectivity index (χ3n) is 2.73. The van der Waals surface area contributed by atoms with E-state index in [4.69, 9.17) is 27.9 Å². The summed E-state index contributed by atoms with van der Waals surface area (Å²) in [6, 6.07) is 5.22. The van der Waals surface area contributed by atoms with Gasteiger partial charge in [-0.3, -0.25) is 4.79 Å². The number of carbonyl (C=O) groups excluding carboxylic acids is 1. The first-order chi connectivity index (χ1) is 8.27. The number of ether oxygens (including phenoxy) is 1. The highest BCUT2D eigenvalue weighted by atomic mass is 35.5. The van der Waals surface area contributed by atoms with Crippen LogP contribution in [0.3, 0.4) is 0 Å². The molecule has 1 atom stereocenters. The minimum absolute atomic E-state index is 0.0139. The van der Waals surface area contributed by atoms with E-state index < -0.39 is 6.10 Å². The summed E-state index contributed by atoms with van der Waals surface area (Å²) in [6.07, 6.45) is -0.279. The molecule has 0 bridgehead atoms. The zero-order valence-corrected chi connectivity index (χ0v) is 12.6. The van der Waals surface area contributed by atoms with E-state index in [0.29, 0.717) is 15.6 Å². The molecule has 0 saturated carbocycles. The van der Waals surface area contributed by atoms with Crippen LogP contribution in [0.25, 0.3) is 0 Å². The van der Waals surface area contributed by atoms with Gasteiger partial charge in [-0.05, 0) is 23.1 Å². The first-order valence-corrected chi connectivity index (χ1v) is 6.51. The number of hydrogen-bond donors (Lipinski definition) is 0. The second-order valence-corrected chi connectivity index (χ2v) is 6.14. The molecule has 1 aromatic rings. The van der Waals surface area contributed by atoms with Gasteiger partial charge in [0.05, 0.1) is 0 Å². The number of hydrogen-bond acceptors (Lipinski definition) is 2. The fraction of sp³-hybridized carbons (Fsp3) is 0.500. The Kier molecular flexibility index (Phi) is 5.20. The fourth-order valence-corrected chi connectivity index (χ4v) is 2.47. The van der Waals surface area contributed by atoms with E-state index in [2.05, 4.69) is 0 Å². The SMILES string of the molecule is COC(C(=O)Cc1c(Cl)cccc1Cl)C(C)(C)C. The van der Waals surface area contributed by atoms with Crippen molar-refractivity contribution in [3.8, 4) is 0 Å². The smallest absolute Gasteiger partial charge is 0.166 e. The zero-order valence-electron chi connectivity index (χ0n) is 11.1. The van der Waals surface area contributed by atoms with Gasteiger partial charge in [-0.15, -0.1) is 0 Å². The van der Waals surface area contributed by atoms with E-state index in [1.807, 2.05) is 20.8 Å². The summed E-state index contributed by atoms with van der Waals surface area (Å²) in [5.41, 5.74) is 0.414. The van der Waals surface area contributed by atoms with E-state index in [-0.39, 0.29) is 17.6 Å². The molecule has 1 rings (SSSR count). The molecule has 0 radical (unpaired) electrons. The van der Waals surface area contributed by atoms with Crippen molar-refractivity contribution in [3.63, 3.8) is 0 Å². The molecule has 0 N–H and O–H groups in total. The van der Waals surface area contributed by atoms with Crippen LogP contribution < -0.4 is 0 Å². The molecule has 0 aliphatic heterocycles. The van der Waals surface area contributed by atoms with Crippen molar-refractivity contribution in [2.75, 3.05) is 7.11 Å². The van der Waals surface area contributed by atoms with Crippen molar-refractivity contribution in [1.82, 2.24) is 0 Å². The van der Waals surface area contributed by atoms with Crippen LogP contribution in [-0.4, -0.2) is 19.0 Å². The fourth-order valence-electron chi connectivity index (χ4n) is 1.94. The molecule has 0 amide bonds. The number of benzene rings is 1. The predicted octanol–water partition coefficient (Wildman–Crippen LogP) is 4.17. The monoisotopic (exact) mass is 288 g/mol. The maximum atomic E-state index is 12.3. The van der Waals surface area contributed by atoms with E-state index in [1.54, 1.807) is 25.3 Å². The molecule has 100 valence electrons. The highest BCUT2D eigenvalue weighted by molar-refractivity contribution is 6.36. The molecule has 0 spiro atoms. The van der Waals surface area contributed by atoms with Gasteiger partial charge in [-0.1, -0.05) is 50.0 Å². The largest absolute Gasteiger partial charge is 0.373 e. The Morgan fingerprint density at radius 1 is 1.28 bits per heavy atom. The number of Topliss-reactive ketones (excluding diaryl/α,β-unsaturated/α-hetero) is 1. The van der Waals surface area contributed by atoms with Crippen LogP contribution in [0.15, 0.2) is 18.2 Å². The maximum Gasteiger partial charge on any atom is 0.166 e. The molecule has 0 aliphatic rings. The molecule has 0 heterocycles. The molecule has 0 aromatic heterocycles. The van der Waals surface area contributed by atoms with Crippen LogP contribution in [0.4, 0.5) is 0 Å². The average molecular weight is 289 g/mol. The Morgan fingerprint density at radius 2 is 1.78 bits per heavy atom. The zero-order chi connectivity index (χ0) is 13.9. The van der Waals surface area contributed by atoms with Crippen molar-refractivity contribution in [2.45, 2.75) is 33.3 Å². The Hall–Kier alpha value is -0.570. The lowest BCUT2D eigenvalue weighted by atomic mass is 9.84. The summed E-state index contributed by atoms with van der Waals surface area (Å²) in [5.74, 6) is -0.0139. The van der Waals surface area contributed by atoms with E-state index in [1.165, 1.54) is 0 Å². The predicted molar refractivity (Wildman–Crippen MR) is 75.4 cm³/mol. The maximum absolute atomic E-state index is 12.3. The summed E-state index contributed by atoms with van der Waals surface area (Å²) < 4.78 is 5.29. The standard InChI is InChI=1S/C14H18Cl2O2/c1-14(2,3)13(18-4)12(17)8-9-10(15)6-5-7-11(9)16/h5-7,13H,8H2,1-4H3. The molecule has 18 heavy (non-hydrogen) atoms. The second-order valence-electron chi connectivity index (χ2n) is 5.33. The lowest BCUT2D eigenvalue weighted by Crippen LogP contribution is -2.37. The van der Waals surface area contributed by atoms with Crippen molar-refractivity contribution in [1.29, 1.82) is 0 Å². The van der Waals surface area contributed by atoms with Crippen LogP contribution in [0.2, 0.25) is 10.0 Å². The third-order valence-corrected chi connectivity index (χ3v) is 3.44. The number of halogens is 2. The molecule has 0 fully saturated rings. The topological polar surface area (TPSA) is 26.3 Å². The Morgan fingerprint density at radius 3 is 2.17 bits per heavy atom. The lowest BCUT2D eigenvalue weighted by Gasteiger charge is -2.28. The molecule has 0 aliphatic carbocycles. The molecule has 4 heteroatoms. The third kappa shape index (κ3) is 3.71. The van der Waals surface area contributed by atoms with Gasteiger partial charge in [0.1, 0.15) is 6.10 Å². The Balaban J connectivity index is 2.94. The van der Waals surface area contributed by atoms with Gasteiger partial charge in [0.15, 0.2) is 5.78 Å². The van der Waals surface area contributed by atoms with Crippen molar-refractivity contribution >= 4 is 29.0 Å². The normalized spacial score (nSPS) is 13.4.